The Morgan fingerprint density at radius 1 is 1.15 bits per heavy atom. The highest BCUT2D eigenvalue weighted by molar-refractivity contribution is 7.91. The van der Waals surface area contributed by atoms with Crippen LogP contribution in [-0.4, -0.2) is 61.6 Å². The molecule has 1 saturated heterocycles. The molecule has 2 heterocycles. The summed E-state index contributed by atoms with van der Waals surface area (Å²) >= 11 is 0. The molecule has 1 atom stereocenters. The topological polar surface area (TPSA) is 119 Å². The van der Waals surface area contributed by atoms with Crippen LogP contribution >= 0.6 is 0 Å². The first-order valence-corrected chi connectivity index (χ1v) is 10.1. The Morgan fingerprint density at radius 3 is 2.44 bits per heavy atom. The summed E-state index contributed by atoms with van der Waals surface area (Å²) in [7, 11) is -1.92. The average Bonchev–Trinajstić information content (AvgIpc) is 3.01. The molecule has 0 aromatic heterocycles. The van der Waals surface area contributed by atoms with Crippen LogP contribution in [0.2, 0.25) is 0 Å². The smallest absolute Gasteiger partial charge is 0.359 e. The summed E-state index contributed by atoms with van der Waals surface area (Å²) in [6, 6.07) is 5.25. The van der Waals surface area contributed by atoms with Gasteiger partial charge in [0.2, 0.25) is 5.91 Å². The first-order valence-electron chi connectivity index (χ1n) is 8.29. The number of esters is 2. The van der Waals surface area contributed by atoms with Gasteiger partial charge in [-0.25, -0.2) is 23.0 Å². The number of benzene rings is 1. The molecule has 0 aliphatic carbocycles. The maximum absolute atomic E-state index is 12.3. The van der Waals surface area contributed by atoms with E-state index in [-0.39, 0.29) is 41.7 Å². The van der Waals surface area contributed by atoms with E-state index in [0.717, 1.165) is 5.01 Å². The van der Waals surface area contributed by atoms with Gasteiger partial charge in [0, 0.05) is 12.8 Å². The lowest BCUT2D eigenvalue weighted by atomic mass is 10.1. The number of sulfone groups is 1. The van der Waals surface area contributed by atoms with E-state index in [1.165, 1.54) is 31.4 Å². The number of methoxy groups -OCH3 is 1. The number of hydrogen-bond donors (Lipinski definition) is 0. The molecule has 1 aromatic carbocycles. The predicted octanol–water partition coefficient (Wildman–Crippen LogP) is 0.544. The molecule has 1 amide bonds. The summed E-state index contributed by atoms with van der Waals surface area (Å²) in [5.74, 6) is -1.48. The van der Waals surface area contributed by atoms with Gasteiger partial charge in [-0.3, -0.25) is 4.79 Å². The van der Waals surface area contributed by atoms with Gasteiger partial charge in [-0.15, -0.1) is 0 Å². The number of amides is 1. The Labute approximate surface area is 155 Å². The second-order valence-corrected chi connectivity index (χ2v) is 8.48. The van der Waals surface area contributed by atoms with E-state index in [0.29, 0.717) is 12.0 Å². The van der Waals surface area contributed by atoms with Crippen LogP contribution in [0.1, 0.15) is 29.6 Å². The summed E-state index contributed by atoms with van der Waals surface area (Å²) in [4.78, 5) is 35.8. The fourth-order valence-electron chi connectivity index (χ4n) is 2.91. The molecule has 0 spiro atoms. The molecule has 10 heteroatoms. The molecule has 0 radical (unpaired) electrons. The summed E-state index contributed by atoms with van der Waals surface area (Å²) in [6.45, 7) is 0. The quantitative estimate of drug-likeness (QED) is 0.540. The van der Waals surface area contributed by atoms with Crippen molar-refractivity contribution in [2.24, 2.45) is 5.10 Å². The Morgan fingerprint density at radius 2 is 1.85 bits per heavy atom. The normalized spacial score (nSPS) is 21.5. The van der Waals surface area contributed by atoms with Crippen LogP contribution in [-0.2, 0) is 24.2 Å². The van der Waals surface area contributed by atoms with E-state index in [9.17, 15) is 22.8 Å². The van der Waals surface area contributed by atoms with Crippen molar-refractivity contribution in [3.05, 3.63) is 29.8 Å². The molecular weight excluding hydrogens is 376 g/mol. The van der Waals surface area contributed by atoms with Crippen LogP contribution in [0.25, 0.3) is 0 Å². The number of carbonyl (C=O) groups excluding carboxylic acids is 3. The third-order valence-electron chi connectivity index (χ3n) is 4.34. The van der Waals surface area contributed by atoms with Gasteiger partial charge in [0.15, 0.2) is 9.84 Å². The van der Waals surface area contributed by atoms with Crippen molar-refractivity contribution in [1.82, 2.24) is 5.01 Å². The van der Waals surface area contributed by atoms with Crippen LogP contribution in [0.4, 0.5) is 0 Å². The molecule has 0 N–H and O–H groups in total. The van der Waals surface area contributed by atoms with Gasteiger partial charge >= 0.3 is 11.9 Å². The first kappa shape index (κ1) is 19.0. The Bertz CT molecular complexity index is 906. The Hall–Kier alpha value is -2.75. The fraction of sp³-hybridized carbons (Fsp3) is 0.412. The van der Waals surface area contributed by atoms with Gasteiger partial charge in [0.1, 0.15) is 11.5 Å². The summed E-state index contributed by atoms with van der Waals surface area (Å²) in [6.07, 6.45) is 0.481. The zero-order chi connectivity index (χ0) is 19.6. The highest BCUT2D eigenvalue weighted by atomic mass is 32.2. The lowest BCUT2D eigenvalue weighted by Crippen LogP contribution is -2.42. The highest BCUT2D eigenvalue weighted by Crippen LogP contribution is 2.23. The van der Waals surface area contributed by atoms with Crippen LogP contribution < -0.4 is 4.74 Å². The molecule has 1 aromatic rings. The highest BCUT2D eigenvalue weighted by Gasteiger charge is 2.37. The molecule has 2 aliphatic rings. The van der Waals surface area contributed by atoms with Crippen LogP contribution in [0.3, 0.4) is 0 Å². The van der Waals surface area contributed by atoms with Crippen molar-refractivity contribution in [3.63, 3.8) is 0 Å². The third kappa shape index (κ3) is 4.33. The van der Waals surface area contributed by atoms with Crippen molar-refractivity contribution in [2.75, 3.05) is 18.6 Å². The summed E-state index contributed by atoms with van der Waals surface area (Å²) in [5.41, 5.74) is 0.363. The number of rotatable bonds is 4. The molecule has 144 valence electrons. The molecule has 0 saturated carbocycles. The minimum atomic E-state index is -3.18. The van der Waals surface area contributed by atoms with Gasteiger partial charge in [-0.2, -0.15) is 5.10 Å². The van der Waals surface area contributed by atoms with Crippen molar-refractivity contribution >= 4 is 33.4 Å². The average molecular weight is 394 g/mol. The standard InChI is InChI=1S/C17H18N2O7S/c1-25-16(21)11-2-4-13(5-3-11)26-17(22)14-6-7-15(20)19(18-14)12-8-9-27(23,24)10-12/h2-5,12H,6-10H2,1H3/t12-/m1/s1. The second kappa shape index (κ2) is 7.47. The number of nitrogens with zero attached hydrogens (tertiary/aromatic N) is 2. The SMILES string of the molecule is COC(=O)c1ccc(OC(=O)C2=NN([C@@H]3CCS(=O)(=O)C3)C(=O)CC2)cc1. The maximum Gasteiger partial charge on any atom is 0.359 e. The molecule has 27 heavy (non-hydrogen) atoms. The van der Waals surface area contributed by atoms with Gasteiger partial charge < -0.3 is 9.47 Å². The monoisotopic (exact) mass is 394 g/mol. The lowest BCUT2D eigenvalue weighted by molar-refractivity contribution is -0.134. The minimum Gasteiger partial charge on any atom is -0.465 e. The lowest BCUT2D eigenvalue weighted by Gasteiger charge is -2.27. The number of hydrogen-bond acceptors (Lipinski definition) is 8. The largest absolute Gasteiger partial charge is 0.465 e. The fourth-order valence-corrected chi connectivity index (χ4v) is 4.61. The van der Waals surface area contributed by atoms with Crippen LogP contribution in [0, 0.1) is 0 Å². The second-order valence-electron chi connectivity index (χ2n) is 6.25. The predicted molar refractivity (Wildman–Crippen MR) is 94.0 cm³/mol. The van der Waals surface area contributed by atoms with Gasteiger partial charge in [-0.05, 0) is 30.7 Å². The van der Waals surface area contributed by atoms with Crippen LogP contribution in [0.5, 0.6) is 5.75 Å². The molecule has 1 fully saturated rings. The summed E-state index contributed by atoms with van der Waals surface area (Å²) < 4.78 is 33.1. The van der Waals surface area contributed by atoms with E-state index in [2.05, 4.69) is 9.84 Å². The Kier molecular flexibility index (Phi) is 5.26. The number of carbonyl (C=O) groups is 3. The first-order chi connectivity index (χ1) is 12.8. The molecule has 3 rings (SSSR count). The molecule has 0 bridgehead atoms. The Balaban J connectivity index is 1.71. The maximum atomic E-state index is 12.3. The number of ether oxygens (including phenoxy) is 2. The van der Waals surface area contributed by atoms with E-state index in [4.69, 9.17) is 4.74 Å². The summed E-state index contributed by atoms with van der Waals surface area (Å²) in [5, 5.41) is 5.16. The zero-order valence-electron chi connectivity index (χ0n) is 14.6. The van der Waals surface area contributed by atoms with Crippen molar-refractivity contribution < 1.29 is 32.3 Å². The van der Waals surface area contributed by atoms with E-state index < -0.39 is 27.8 Å². The minimum absolute atomic E-state index is 0.00326. The van der Waals surface area contributed by atoms with Gasteiger partial charge in [0.05, 0.1) is 30.2 Å². The van der Waals surface area contributed by atoms with E-state index >= 15 is 0 Å². The third-order valence-corrected chi connectivity index (χ3v) is 6.09. The molecule has 9 nitrogen and oxygen atoms in total. The van der Waals surface area contributed by atoms with Gasteiger partial charge in [0.25, 0.3) is 0 Å². The zero-order valence-corrected chi connectivity index (χ0v) is 15.4. The molecule has 0 unspecified atom stereocenters. The van der Waals surface area contributed by atoms with Crippen molar-refractivity contribution in [1.29, 1.82) is 0 Å². The van der Waals surface area contributed by atoms with Crippen molar-refractivity contribution in [2.45, 2.75) is 25.3 Å². The molecular formula is C17H18N2O7S. The number of hydrazone groups is 1. The molecule has 2 aliphatic heterocycles. The van der Waals surface area contributed by atoms with Gasteiger partial charge in [-0.1, -0.05) is 0 Å². The van der Waals surface area contributed by atoms with Crippen LogP contribution in [0.15, 0.2) is 29.4 Å². The van der Waals surface area contributed by atoms with Crippen molar-refractivity contribution in [3.8, 4) is 5.75 Å². The van der Waals surface area contributed by atoms with E-state index in [1.54, 1.807) is 0 Å². The van der Waals surface area contributed by atoms with E-state index in [1.807, 2.05) is 0 Å².